The van der Waals surface area contributed by atoms with E-state index >= 15 is 0 Å². The molecule has 0 N–H and O–H groups in total. The van der Waals surface area contributed by atoms with Crippen molar-refractivity contribution in [3.05, 3.63) is 142 Å². The van der Waals surface area contributed by atoms with E-state index in [-0.39, 0.29) is 26.4 Å². The first-order valence-corrected chi connectivity index (χ1v) is 22.7. The molecule has 0 unspecified atom stereocenters. The van der Waals surface area contributed by atoms with Crippen molar-refractivity contribution in [2.75, 3.05) is 52.9 Å². The van der Waals surface area contributed by atoms with Crippen molar-refractivity contribution < 1.29 is 55.8 Å². The molecule has 0 aliphatic carbocycles. The first-order chi connectivity index (χ1) is 27.6. The van der Waals surface area contributed by atoms with Gasteiger partial charge in [-0.2, -0.15) is 0 Å². The van der Waals surface area contributed by atoms with Crippen molar-refractivity contribution in [2.24, 2.45) is 0 Å². The number of unbranched alkanes of at least 4 members (excludes halogenated alkanes) is 2. The molecule has 0 spiro atoms. The Morgan fingerprint density at radius 2 is 0.719 bits per heavy atom. The molecule has 0 bridgehead atoms. The van der Waals surface area contributed by atoms with E-state index in [0.29, 0.717) is 39.3 Å². The SMILES string of the molecule is C=CC(=O)OCCCCO[Si](OCCCCOC(=O)C=C)(c1ccccc1)c1ccccc1.C=CC(=O)OCCO[Si](C)(OCCOC(=O)C=C)c1ccccc1. The number of esters is 4. The lowest BCUT2D eigenvalue weighted by Crippen LogP contribution is -2.63. The Balaban J connectivity index is 0.000000414. The van der Waals surface area contributed by atoms with Crippen LogP contribution in [0.4, 0.5) is 0 Å². The van der Waals surface area contributed by atoms with Gasteiger partial charge in [0.15, 0.2) is 0 Å². The Labute approximate surface area is 338 Å². The second-order valence-electron chi connectivity index (χ2n) is 12.0. The second-order valence-corrected chi connectivity index (χ2v) is 18.0. The summed E-state index contributed by atoms with van der Waals surface area (Å²) < 4.78 is 44.8. The van der Waals surface area contributed by atoms with Gasteiger partial charge in [-0.05, 0) is 47.8 Å². The number of carbonyl (C=O) groups is 4. The van der Waals surface area contributed by atoms with Gasteiger partial charge in [0.05, 0.1) is 26.4 Å². The first kappa shape index (κ1) is 47.9. The topological polar surface area (TPSA) is 142 Å². The summed E-state index contributed by atoms with van der Waals surface area (Å²) in [6, 6.07) is 29.5. The minimum Gasteiger partial charge on any atom is -0.463 e. The minimum atomic E-state index is -2.97. The molecule has 306 valence electrons. The first-order valence-electron chi connectivity index (χ1n) is 18.5. The fraction of sp³-hybridized carbons (Fsp3) is 0.302. The van der Waals surface area contributed by atoms with Gasteiger partial charge in [0.2, 0.25) is 0 Å². The van der Waals surface area contributed by atoms with Crippen LogP contribution in [0.2, 0.25) is 6.55 Å². The van der Waals surface area contributed by atoms with E-state index in [1.807, 2.05) is 97.5 Å². The van der Waals surface area contributed by atoms with E-state index in [1.165, 1.54) is 0 Å². The van der Waals surface area contributed by atoms with Gasteiger partial charge >= 0.3 is 41.0 Å². The summed E-state index contributed by atoms with van der Waals surface area (Å²) in [5.41, 5.74) is 0. The summed E-state index contributed by atoms with van der Waals surface area (Å²) in [5, 5.41) is 2.97. The standard InChI is InChI=1S/C26H32O6Si.C17H22O6Si/c1-3-25(27)29-19-11-13-21-31-33(23-15-7-5-8-16-23,24-17-9-6-10-18-24)32-22-14-12-20-30-26(28)4-2;1-4-16(18)20-11-13-22-24(3,15-9-7-6-8-10-15)23-14-12-21-17(19)5-2/h3-10,15-18H,1-2,11-14,19-22H2;4-10H,1-2,11-14H2,3H3. The highest BCUT2D eigenvalue weighted by atomic mass is 28.4. The Hall–Kier alpha value is -5.23. The smallest absolute Gasteiger partial charge is 0.407 e. The number of hydrogen-bond donors (Lipinski definition) is 0. The summed E-state index contributed by atoms with van der Waals surface area (Å²) in [4.78, 5) is 44.5. The van der Waals surface area contributed by atoms with Crippen LogP contribution in [0.3, 0.4) is 0 Å². The zero-order valence-electron chi connectivity index (χ0n) is 32.7. The molecule has 0 atom stereocenters. The molecular weight excluding hydrogens is 765 g/mol. The molecule has 0 saturated carbocycles. The highest BCUT2D eigenvalue weighted by Gasteiger charge is 2.42. The van der Waals surface area contributed by atoms with Gasteiger partial charge in [0, 0.05) is 37.5 Å². The van der Waals surface area contributed by atoms with Crippen molar-refractivity contribution >= 4 is 56.6 Å². The minimum absolute atomic E-state index is 0.106. The zero-order chi connectivity index (χ0) is 41.6. The maximum atomic E-state index is 11.2. The van der Waals surface area contributed by atoms with Gasteiger partial charge in [0.1, 0.15) is 13.2 Å². The predicted octanol–water partition coefficient (Wildman–Crippen LogP) is 4.75. The maximum absolute atomic E-state index is 11.2. The molecule has 0 amide bonds. The lowest BCUT2D eigenvalue weighted by atomic mass is 10.3. The van der Waals surface area contributed by atoms with Gasteiger partial charge in [-0.15, -0.1) is 0 Å². The largest absolute Gasteiger partial charge is 0.463 e. The summed E-state index contributed by atoms with van der Waals surface area (Å²) >= 11 is 0. The van der Waals surface area contributed by atoms with Crippen molar-refractivity contribution in [3.63, 3.8) is 0 Å². The number of hydrogen-bond acceptors (Lipinski definition) is 12. The van der Waals surface area contributed by atoms with Crippen LogP contribution in [-0.2, 0) is 55.8 Å². The molecule has 3 rings (SSSR count). The van der Waals surface area contributed by atoms with Gasteiger partial charge < -0.3 is 36.7 Å². The average molecular weight is 819 g/mol. The summed E-state index contributed by atoms with van der Waals surface area (Å²) in [7, 11) is -5.70. The van der Waals surface area contributed by atoms with Gasteiger partial charge in [0.25, 0.3) is 0 Å². The molecule has 0 aliphatic heterocycles. The van der Waals surface area contributed by atoms with Gasteiger partial charge in [-0.3, -0.25) is 0 Å². The van der Waals surface area contributed by atoms with E-state index in [1.54, 1.807) is 0 Å². The lowest BCUT2D eigenvalue weighted by Gasteiger charge is -2.31. The fourth-order valence-corrected chi connectivity index (χ4v) is 10.4. The summed E-state index contributed by atoms with van der Waals surface area (Å²) in [5.74, 6) is -1.84. The molecule has 0 radical (unpaired) electrons. The van der Waals surface area contributed by atoms with E-state index < -0.39 is 41.0 Å². The third-order valence-electron chi connectivity index (χ3n) is 7.86. The monoisotopic (exact) mass is 818 g/mol. The molecule has 12 nitrogen and oxygen atoms in total. The maximum Gasteiger partial charge on any atom is 0.407 e. The number of rotatable bonds is 27. The van der Waals surface area contributed by atoms with Gasteiger partial charge in [-0.25, -0.2) is 19.2 Å². The highest BCUT2D eigenvalue weighted by Crippen LogP contribution is 2.13. The fourth-order valence-electron chi connectivity index (χ4n) is 4.98. The Kier molecular flexibility index (Phi) is 23.7. The predicted molar refractivity (Wildman–Crippen MR) is 222 cm³/mol. The van der Waals surface area contributed by atoms with Crippen LogP contribution in [0.1, 0.15) is 25.7 Å². The van der Waals surface area contributed by atoms with E-state index in [2.05, 4.69) is 26.3 Å². The quantitative estimate of drug-likeness (QED) is 0.0345. The van der Waals surface area contributed by atoms with Crippen LogP contribution < -0.4 is 15.6 Å². The molecular formula is C43H54O12Si2. The molecule has 3 aromatic carbocycles. The second kappa shape index (κ2) is 28.2. The third kappa shape index (κ3) is 18.5. The van der Waals surface area contributed by atoms with Crippen LogP contribution in [0.25, 0.3) is 0 Å². The highest BCUT2D eigenvalue weighted by molar-refractivity contribution is 6.92. The lowest BCUT2D eigenvalue weighted by molar-refractivity contribution is -0.139. The Morgan fingerprint density at radius 1 is 0.421 bits per heavy atom. The van der Waals surface area contributed by atoms with Crippen LogP contribution in [0.15, 0.2) is 142 Å². The molecule has 14 heteroatoms. The summed E-state index contributed by atoms with van der Waals surface area (Å²) in [6.07, 6.45) is 7.32. The molecule has 57 heavy (non-hydrogen) atoms. The van der Waals surface area contributed by atoms with Crippen molar-refractivity contribution in [3.8, 4) is 0 Å². The molecule has 0 aromatic heterocycles. The van der Waals surface area contributed by atoms with E-state index in [0.717, 1.165) is 52.7 Å². The Morgan fingerprint density at radius 3 is 1.05 bits per heavy atom. The number of ether oxygens (including phenoxy) is 4. The molecule has 0 saturated heterocycles. The van der Waals surface area contributed by atoms with Gasteiger partial charge in [-0.1, -0.05) is 117 Å². The van der Waals surface area contributed by atoms with E-state index in [9.17, 15) is 19.2 Å². The molecule has 0 fully saturated rings. The van der Waals surface area contributed by atoms with Crippen LogP contribution in [0, 0.1) is 0 Å². The van der Waals surface area contributed by atoms with Crippen molar-refractivity contribution in [1.82, 2.24) is 0 Å². The van der Waals surface area contributed by atoms with Crippen molar-refractivity contribution in [1.29, 1.82) is 0 Å². The van der Waals surface area contributed by atoms with Crippen molar-refractivity contribution in [2.45, 2.75) is 32.2 Å². The molecule has 0 heterocycles. The average Bonchev–Trinajstić information content (AvgIpc) is 3.26. The third-order valence-corrected chi connectivity index (χ3v) is 14.2. The molecule has 0 aliphatic rings. The van der Waals surface area contributed by atoms with E-state index in [4.69, 9.17) is 36.7 Å². The molecule has 3 aromatic rings. The normalized spacial score (nSPS) is 10.8. The Bertz CT molecular complexity index is 1570. The number of carbonyl (C=O) groups excluding carboxylic acids is 4. The summed E-state index contributed by atoms with van der Waals surface area (Å²) in [6.45, 7) is 17.5. The van der Waals surface area contributed by atoms with Crippen LogP contribution in [0.5, 0.6) is 0 Å². The number of benzene rings is 3. The van der Waals surface area contributed by atoms with Crippen LogP contribution >= 0.6 is 0 Å². The zero-order valence-corrected chi connectivity index (χ0v) is 34.7. The van der Waals surface area contributed by atoms with Crippen LogP contribution in [-0.4, -0.2) is 93.9 Å².